The summed E-state index contributed by atoms with van der Waals surface area (Å²) in [5.74, 6) is -9.83. The van der Waals surface area contributed by atoms with Crippen molar-refractivity contribution in [3.05, 3.63) is 34.9 Å². The van der Waals surface area contributed by atoms with E-state index in [0.717, 1.165) is 6.92 Å². The van der Waals surface area contributed by atoms with Crippen molar-refractivity contribution in [3.8, 4) is 0 Å². The van der Waals surface area contributed by atoms with Crippen molar-refractivity contribution in [2.45, 2.75) is 19.3 Å². The second-order valence-electron chi connectivity index (χ2n) is 3.96. The van der Waals surface area contributed by atoms with Crippen molar-refractivity contribution in [2.75, 3.05) is 0 Å². The highest BCUT2D eigenvalue weighted by Gasteiger charge is 2.61. The first-order valence-corrected chi connectivity index (χ1v) is 4.99. The molecular formula is C11H6F8O. The highest BCUT2D eigenvalue weighted by Crippen LogP contribution is 2.41. The second kappa shape index (κ2) is 5.02. The lowest BCUT2D eigenvalue weighted by atomic mass is 9.95. The van der Waals surface area contributed by atoms with Crippen LogP contribution in [0.15, 0.2) is 12.1 Å². The van der Waals surface area contributed by atoms with Gasteiger partial charge in [0.05, 0.1) is 5.56 Å². The van der Waals surface area contributed by atoms with Crippen LogP contribution in [0.4, 0.5) is 35.1 Å². The molecule has 0 bridgehead atoms. The van der Waals surface area contributed by atoms with Gasteiger partial charge in [0.25, 0.3) is 0 Å². The van der Waals surface area contributed by atoms with Gasteiger partial charge in [-0.05, 0) is 18.6 Å². The van der Waals surface area contributed by atoms with E-state index in [1.807, 2.05) is 0 Å². The van der Waals surface area contributed by atoms with Gasteiger partial charge in [0.1, 0.15) is 11.6 Å². The van der Waals surface area contributed by atoms with Crippen LogP contribution >= 0.6 is 0 Å². The zero-order valence-electron chi connectivity index (χ0n) is 9.66. The van der Waals surface area contributed by atoms with Crippen molar-refractivity contribution in [1.29, 1.82) is 0 Å². The summed E-state index contributed by atoms with van der Waals surface area (Å²) < 4.78 is 100. The van der Waals surface area contributed by atoms with Gasteiger partial charge in [-0.25, -0.2) is 8.78 Å². The van der Waals surface area contributed by atoms with Crippen molar-refractivity contribution < 1.29 is 39.9 Å². The Balaban J connectivity index is 3.38. The van der Waals surface area contributed by atoms with Gasteiger partial charge < -0.3 is 0 Å². The van der Waals surface area contributed by atoms with Crippen LogP contribution in [0.1, 0.15) is 15.9 Å². The molecule has 0 fully saturated rings. The average Bonchev–Trinajstić information content (AvgIpc) is 2.18. The molecule has 9 heteroatoms. The molecule has 0 amide bonds. The maximum absolute atomic E-state index is 13.2. The minimum Gasteiger partial charge on any atom is -0.293 e. The monoisotopic (exact) mass is 306 g/mol. The van der Waals surface area contributed by atoms with Gasteiger partial charge in [-0.15, -0.1) is 0 Å². The van der Waals surface area contributed by atoms with Gasteiger partial charge in [0.15, 0.2) is 5.78 Å². The molecule has 0 heterocycles. The van der Waals surface area contributed by atoms with Crippen LogP contribution in [0, 0.1) is 24.5 Å². The molecule has 0 atom stereocenters. The quantitative estimate of drug-likeness (QED) is 0.591. The summed E-state index contributed by atoms with van der Waals surface area (Å²) in [5.41, 5.74) is -1.90. The van der Waals surface area contributed by atoms with Crippen LogP contribution in [-0.4, -0.2) is 18.1 Å². The SMILES string of the molecule is Cc1cc(C(=O)C(C(F)(F)F)C(F)(F)F)c(F)cc1F. The number of alkyl halides is 6. The maximum Gasteiger partial charge on any atom is 0.407 e. The van der Waals surface area contributed by atoms with E-state index in [-0.39, 0.29) is 6.07 Å². The molecule has 0 aromatic heterocycles. The Hall–Kier alpha value is -1.67. The number of aryl methyl sites for hydroxylation is 1. The number of hydrogen-bond donors (Lipinski definition) is 0. The van der Waals surface area contributed by atoms with Gasteiger partial charge in [-0.3, -0.25) is 4.79 Å². The summed E-state index contributed by atoms with van der Waals surface area (Å²) in [4.78, 5) is 11.3. The summed E-state index contributed by atoms with van der Waals surface area (Å²) in [7, 11) is 0. The summed E-state index contributed by atoms with van der Waals surface area (Å²) in [6, 6.07) is 0.379. The van der Waals surface area contributed by atoms with E-state index in [0.29, 0.717) is 6.07 Å². The number of benzene rings is 1. The van der Waals surface area contributed by atoms with Crippen molar-refractivity contribution in [1.82, 2.24) is 0 Å². The van der Waals surface area contributed by atoms with Crippen LogP contribution in [0.3, 0.4) is 0 Å². The number of Topliss-reactive ketones (excluding diaryl/α,β-unsaturated/α-hetero) is 1. The van der Waals surface area contributed by atoms with E-state index in [4.69, 9.17) is 0 Å². The molecule has 1 aromatic rings. The summed E-state index contributed by atoms with van der Waals surface area (Å²) in [5, 5.41) is 0. The van der Waals surface area contributed by atoms with Gasteiger partial charge in [0.2, 0.25) is 5.92 Å². The fourth-order valence-electron chi connectivity index (χ4n) is 1.48. The third-order valence-electron chi connectivity index (χ3n) is 2.43. The van der Waals surface area contributed by atoms with Crippen LogP contribution in [-0.2, 0) is 0 Å². The normalized spacial score (nSPS) is 12.9. The fraction of sp³-hybridized carbons (Fsp3) is 0.364. The molecule has 0 saturated carbocycles. The molecule has 1 nitrogen and oxygen atoms in total. The van der Waals surface area contributed by atoms with E-state index in [1.165, 1.54) is 0 Å². The second-order valence-corrected chi connectivity index (χ2v) is 3.96. The molecule has 0 N–H and O–H groups in total. The molecule has 0 aliphatic carbocycles. The lowest BCUT2D eigenvalue weighted by Gasteiger charge is -2.22. The zero-order valence-corrected chi connectivity index (χ0v) is 9.66. The third-order valence-corrected chi connectivity index (χ3v) is 2.43. The van der Waals surface area contributed by atoms with E-state index < -0.39 is 46.8 Å². The Morgan fingerprint density at radius 1 is 0.950 bits per heavy atom. The van der Waals surface area contributed by atoms with Gasteiger partial charge >= 0.3 is 12.4 Å². The van der Waals surface area contributed by atoms with Crippen LogP contribution in [0.2, 0.25) is 0 Å². The Bertz CT molecular complexity index is 514. The molecule has 0 unspecified atom stereocenters. The van der Waals surface area contributed by atoms with Gasteiger partial charge in [0, 0.05) is 6.07 Å². The van der Waals surface area contributed by atoms with E-state index in [9.17, 15) is 39.9 Å². The van der Waals surface area contributed by atoms with E-state index >= 15 is 0 Å². The highest BCUT2D eigenvalue weighted by atomic mass is 19.4. The Morgan fingerprint density at radius 3 is 1.80 bits per heavy atom. The minimum absolute atomic E-state index is 0.0619. The minimum atomic E-state index is -5.93. The predicted octanol–water partition coefficient (Wildman–Crippen LogP) is 4.20. The van der Waals surface area contributed by atoms with Crippen molar-refractivity contribution in [3.63, 3.8) is 0 Å². The summed E-state index contributed by atoms with van der Waals surface area (Å²) in [6.07, 6.45) is -11.9. The molecule has 0 aliphatic rings. The number of rotatable bonds is 2. The smallest absolute Gasteiger partial charge is 0.293 e. The molecule has 1 aromatic carbocycles. The number of hydrogen-bond acceptors (Lipinski definition) is 1. The molecule has 0 saturated heterocycles. The summed E-state index contributed by atoms with van der Waals surface area (Å²) in [6.45, 7) is 0.974. The molecular weight excluding hydrogens is 300 g/mol. The number of ketones is 1. The molecule has 0 radical (unpaired) electrons. The van der Waals surface area contributed by atoms with Gasteiger partial charge in [-0.2, -0.15) is 26.3 Å². The standard InChI is InChI=1S/C11H6F8O/c1-4-2-5(7(13)3-6(4)12)8(20)9(10(14,15)16)11(17,18)19/h2-3,9H,1H3. The first kappa shape index (κ1) is 16.4. The first-order valence-electron chi connectivity index (χ1n) is 4.99. The molecule has 112 valence electrons. The number of halogens is 8. The highest BCUT2D eigenvalue weighted by molar-refractivity contribution is 5.99. The Morgan fingerprint density at radius 2 is 1.40 bits per heavy atom. The molecule has 0 spiro atoms. The van der Waals surface area contributed by atoms with E-state index in [2.05, 4.69) is 0 Å². The first-order chi connectivity index (χ1) is 8.85. The molecule has 20 heavy (non-hydrogen) atoms. The summed E-state index contributed by atoms with van der Waals surface area (Å²) >= 11 is 0. The number of carbonyl (C=O) groups is 1. The zero-order chi connectivity index (χ0) is 15.9. The largest absolute Gasteiger partial charge is 0.407 e. The van der Waals surface area contributed by atoms with Gasteiger partial charge in [-0.1, -0.05) is 0 Å². The molecule has 1 rings (SSSR count). The Labute approximate surface area is 107 Å². The van der Waals surface area contributed by atoms with Crippen molar-refractivity contribution >= 4 is 5.78 Å². The van der Waals surface area contributed by atoms with Crippen LogP contribution < -0.4 is 0 Å². The average molecular weight is 306 g/mol. The lowest BCUT2D eigenvalue weighted by Crippen LogP contribution is -2.42. The topological polar surface area (TPSA) is 17.1 Å². The van der Waals surface area contributed by atoms with Crippen LogP contribution in [0.25, 0.3) is 0 Å². The maximum atomic E-state index is 13.2. The third kappa shape index (κ3) is 3.26. The van der Waals surface area contributed by atoms with Crippen LogP contribution in [0.5, 0.6) is 0 Å². The molecule has 0 aliphatic heterocycles. The van der Waals surface area contributed by atoms with E-state index in [1.54, 1.807) is 0 Å². The fourth-order valence-corrected chi connectivity index (χ4v) is 1.48. The number of carbonyl (C=O) groups excluding carboxylic acids is 1. The predicted molar refractivity (Wildman–Crippen MR) is 51.0 cm³/mol. The Kier molecular flexibility index (Phi) is 4.12. The lowest BCUT2D eigenvalue weighted by molar-refractivity contribution is -0.264. The van der Waals surface area contributed by atoms with Crippen molar-refractivity contribution in [2.24, 2.45) is 5.92 Å².